The van der Waals surface area contributed by atoms with E-state index in [4.69, 9.17) is 0 Å². The summed E-state index contributed by atoms with van der Waals surface area (Å²) in [5.41, 5.74) is 1.95. The van der Waals surface area contributed by atoms with Gasteiger partial charge in [0.05, 0.1) is 12.3 Å². The van der Waals surface area contributed by atoms with Crippen LogP contribution in [-0.4, -0.2) is 29.4 Å². The lowest BCUT2D eigenvalue weighted by atomic mass is 10.0. The fourth-order valence-corrected chi connectivity index (χ4v) is 1.94. The first-order chi connectivity index (χ1) is 9.68. The Labute approximate surface area is 120 Å². The molecule has 104 valence electrons. The molecule has 0 bridgehead atoms. The standard InChI is InChI=1S/C17H20N2O/c1-14(17(20)16-11-7-4-8-12-16)19(2)18-13-15-9-5-3-6-10-15/h3-14,17,20H,1-2H3/b18-13+/t14-,17-/m0/s1. The Morgan fingerprint density at radius 1 is 1.00 bits per heavy atom. The van der Waals surface area contributed by atoms with Crippen LogP contribution in [0.1, 0.15) is 24.2 Å². The Morgan fingerprint density at radius 2 is 1.55 bits per heavy atom. The summed E-state index contributed by atoms with van der Waals surface area (Å²) in [7, 11) is 1.87. The second-order valence-electron chi connectivity index (χ2n) is 4.83. The molecule has 1 N–H and O–H groups in total. The van der Waals surface area contributed by atoms with Crippen molar-refractivity contribution in [3.05, 3.63) is 71.8 Å². The largest absolute Gasteiger partial charge is 0.386 e. The van der Waals surface area contributed by atoms with E-state index >= 15 is 0 Å². The van der Waals surface area contributed by atoms with Crippen molar-refractivity contribution in [3.8, 4) is 0 Å². The Morgan fingerprint density at radius 3 is 2.15 bits per heavy atom. The molecule has 0 aliphatic carbocycles. The van der Waals surface area contributed by atoms with E-state index in [1.165, 1.54) is 0 Å². The van der Waals surface area contributed by atoms with Crippen LogP contribution in [0, 0.1) is 0 Å². The van der Waals surface area contributed by atoms with E-state index in [-0.39, 0.29) is 6.04 Å². The molecular weight excluding hydrogens is 248 g/mol. The molecule has 2 rings (SSSR count). The monoisotopic (exact) mass is 268 g/mol. The molecular formula is C17H20N2O. The predicted molar refractivity (Wildman–Crippen MR) is 82.7 cm³/mol. The molecule has 2 aromatic rings. The molecule has 3 heteroatoms. The van der Waals surface area contributed by atoms with Crippen molar-refractivity contribution in [1.29, 1.82) is 0 Å². The first kappa shape index (κ1) is 14.3. The van der Waals surface area contributed by atoms with Crippen molar-refractivity contribution >= 4 is 6.21 Å². The molecule has 3 nitrogen and oxygen atoms in total. The molecule has 0 saturated heterocycles. The Hall–Kier alpha value is -2.13. The van der Waals surface area contributed by atoms with E-state index in [1.54, 1.807) is 11.2 Å². The van der Waals surface area contributed by atoms with Crippen LogP contribution in [0.15, 0.2) is 65.8 Å². The molecule has 2 atom stereocenters. The number of nitrogens with zero attached hydrogens (tertiary/aromatic N) is 2. The van der Waals surface area contributed by atoms with Crippen molar-refractivity contribution in [1.82, 2.24) is 5.01 Å². The summed E-state index contributed by atoms with van der Waals surface area (Å²) in [6.45, 7) is 1.96. The zero-order chi connectivity index (χ0) is 14.4. The summed E-state index contributed by atoms with van der Waals surface area (Å²) in [6.07, 6.45) is 1.24. The predicted octanol–water partition coefficient (Wildman–Crippen LogP) is 3.07. The summed E-state index contributed by atoms with van der Waals surface area (Å²) in [4.78, 5) is 0. The highest BCUT2D eigenvalue weighted by atomic mass is 16.3. The number of hydrogen-bond acceptors (Lipinski definition) is 3. The maximum Gasteiger partial charge on any atom is 0.101 e. The number of hydrogen-bond donors (Lipinski definition) is 1. The molecule has 20 heavy (non-hydrogen) atoms. The number of aliphatic hydroxyl groups is 1. The van der Waals surface area contributed by atoms with Gasteiger partial charge in [-0.3, -0.25) is 5.01 Å². The molecule has 2 aromatic carbocycles. The van der Waals surface area contributed by atoms with Gasteiger partial charge in [0.25, 0.3) is 0 Å². The molecule has 0 amide bonds. The molecule has 0 radical (unpaired) electrons. The first-order valence-electron chi connectivity index (χ1n) is 6.73. The number of hydrazone groups is 1. The van der Waals surface area contributed by atoms with E-state index in [0.717, 1.165) is 11.1 Å². The fourth-order valence-electron chi connectivity index (χ4n) is 1.94. The van der Waals surface area contributed by atoms with Gasteiger partial charge in [-0.15, -0.1) is 0 Å². The molecule has 0 aliphatic heterocycles. The van der Waals surface area contributed by atoms with Gasteiger partial charge in [-0.2, -0.15) is 5.10 Å². The fraction of sp³-hybridized carbons (Fsp3) is 0.235. The van der Waals surface area contributed by atoms with E-state index in [1.807, 2.05) is 74.6 Å². The van der Waals surface area contributed by atoms with E-state index in [2.05, 4.69) is 5.10 Å². The normalized spacial score (nSPS) is 14.2. The van der Waals surface area contributed by atoms with Crippen molar-refractivity contribution in [2.75, 3.05) is 7.05 Å². The SMILES string of the molecule is C[C@@H]([C@H](O)c1ccccc1)N(C)/N=C/c1ccccc1. The molecule has 0 aliphatic rings. The molecule has 0 saturated carbocycles. The zero-order valence-corrected chi connectivity index (χ0v) is 11.8. The van der Waals surface area contributed by atoms with Crippen LogP contribution in [0.4, 0.5) is 0 Å². The van der Waals surface area contributed by atoms with Crippen LogP contribution in [-0.2, 0) is 0 Å². The summed E-state index contributed by atoms with van der Waals surface area (Å²) in [6, 6.07) is 19.5. The number of benzene rings is 2. The number of likely N-dealkylation sites (N-methyl/N-ethyl adjacent to an activating group) is 1. The van der Waals surface area contributed by atoms with Crippen LogP contribution < -0.4 is 0 Å². The minimum atomic E-state index is -0.561. The van der Waals surface area contributed by atoms with Gasteiger partial charge in [-0.25, -0.2) is 0 Å². The van der Waals surface area contributed by atoms with Gasteiger partial charge < -0.3 is 5.11 Å². The summed E-state index contributed by atoms with van der Waals surface area (Å²) in [5.74, 6) is 0. The molecule has 0 unspecified atom stereocenters. The third-order valence-corrected chi connectivity index (χ3v) is 3.38. The summed E-state index contributed by atoms with van der Waals surface area (Å²) < 4.78 is 0. The van der Waals surface area contributed by atoms with Gasteiger partial charge in [0, 0.05) is 7.05 Å². The quantitative estimate of drug-likeness (QED) is 0.668. The van der Waals surface area contributed by atoms with Gasteiger partial charge in [0.15, 0.2) is 0 Å². The van der Waals surface area contributed by atoms with Crippen molar-refractivity contribution < 1.29 is 5.11 Å². The minimum Gasteiger partial charge on any atom is -0.386 e. The molecule has 0 heterocycles. The lowest BCUT2D eigenvalue weighted by molar-refractivity contribution is 0.0748. The van der Waals surface area contributed by atoms with E-state index in [9.17, 15) is 5.11 Å². The molecule has 0 aromatic heterocycles. The van der Waals surface area contributed by atoms with Gasteiger partial charge in [-0.1, -0.05) is 60.7 Å². The second-order valence-corrected chi connectivity index (χ2v) is 4.83. The first-order valence-corrected chi connectivity index (χ1v) is 6.73. The number of rotatable bonds is 5. The van der Waals surface area contributed by atoms with Crippen molar-refractivity contribution in [3.63, 3.8) is 0 Å². The van der Waals surface area contributed by atoms with Crippen LogP contribution in [0.5, 0.6) is 0 Å². The maximum absolute atomic E-state index is 10.3. The van der Waals surface area contributed by atoms with E-state index in [0.29, 0.717) is 0 Å². The Kier molecular flexibility index (Phi) is 4.91. The Bertz CT molecular complexity index is 539. The maximum atomic E-state index is 10.3. The van der Waals surface area contributed by atoms with Crippen molar-refractivity contribution in [2.24, 2.45) is 5.10 Å². The summed E-state index contributed by atoms with van der Waals surface area (Å²) >= 11 is 0. The van der Waals surface area contributed by atoms with E-state index < -0.39 is 6.10 Å². The van der Waals surface area contributed by atoms with Crippen LogP contribution >= 0.6 is 0 Å². The lowest BCUT2D eigenvalue weighted by Crippen LogP contribution is -2.30. The Balaban J connectivity index is 2.02. The van der Waals surface area contributed by atoms with Gasteiger partial charge in [0.2, 0.25) is 0 Å². The van der Waals surface area contributed by atoms with Gasteiger partial charge in [0.1, 0.15) is 6.10 Å². The number of aliphatic hydroxyl groups excluding tert-OH is 1. The smallest absolute Gasteiger partial charge is 0.101 e. The third kappa shape index (κ3) is 3.68. The average molecular weight is 268 g/mol. The molecule has 0 fully saturated rings. The van der Waals surface area contributed by atoms with Gasteiger partial charge in [-0.05, 0) is 18.1 Å². The highest BCUT2D eigenvalue weighted by Crippen LogP contribution is 2.19. The third-order valence-electron chi connectivity index (χ3n) is 3.38. The summed E-state index contributed by atoms with van der Waals surface area (Å²) in [5, 5.41) is 16.5. The topological polar surface area (TPSA) is 35.8 Å². The average Bonchev–Trinajstić information content (AvgIpc) is 2.53. The highest BCUT2D eigenvalue weighted by molar-refractivity contribution is 5.79. The highest BCUT2D eigenvalue weighted by Gasteiger charge is 2.19. The second kappa shape index (κ2) is 6.87. The van der Waals surface area contributed by atoms with Crippen LogP contribution in [0.25, 0.3) is 0 Å². The lowest BCUT2D eigenvalue weighted by Gasteiger charge is -2.26. The zero-order valence-electron chi connectivity index (χ0n) is 11.8. The van der Waals surface area contributed by atoms with Crippen LogP contribution in [0.3, 0.4) is 0 Å². The van der Waals surface area contributed by atoms with Crippen LogP contribution in [0.2, 0.25) is 0 Å². The molecule has 0 spiro atoms. The minimum absolute atomic E-state index is 0.0997. The van der Waals surface area contributed by atoms with Gasteiger partial charge >= 0.3 is 0 Å². The van der Waals surface area contributed by atoms with Crippen molar-refractivity contribution in [2.45, 2.75) is 19.1 Å².